The first-order valence-corrected chi connectivity index (χ1v) is 9.27. The summed E-state index contributed by atoms with van der Waals surface area (Å²) in [6.45, 7) is 1.59. The van der Waals surface area contributed by atoms with Crippen LogP contribution in [0.2, 0.25) is 5.02 Å². The molecule has 138 valence electrons. The van der Waals surface area contributed by atoms with Crippen molar-refractivity contribution in [3.8, 4) is 11.4 Å². The summed E-state index contributed by atoms with van der Waals surface area (Å²) in [6.07, 6.45) is 1.65. The molecule has 0 aliphatic carbocycles. The van der Waals surface area contributed by atoms with Gasteiger partial charge in [0.2, 0.25) is 11.7 Å². The van der Waals surface area contributed by atoms with Crippen LogP contribution in [0, 0.1) is 0 Å². The van der Waals surface area contributed by atoms with Crippen LogP contribution in [0.4, 0.5) is 5.69 Å². The average molecular weight is 382 g/mol. The Labute approximate surface area is 162 Å². The van der Waals surface area contributed by atoms with E-state index < -0.39 is 0 Å². The molecule has 1 aromatic heterocycles. The Balaban J connectivity index is 1.36. The zero-order chi connectivity index (χ0) is 18.6. The molecule has 0 amide bonds. The van der Waals surface area contributed by atoms with Gasteiger partial charge in [-0.25, -0.2) is 0 Å². The molecule has 7 heteroatoms. The van der Waals surface area contributed by atoms with Crippen molar-refractivity contribution in [1.29, 1.82) is 0 Å². The maximum absolute atomic E-state index is 5.91. The van der Waals surface area contributed by atoms with Crippen LogP contribution in [0.25, 0.3) is 11.4 Å². The van der Waals surface area contributed by atoms with Gasteiger partial charge in [0.1, 0.15) is 0 Å². The lowest BCUT2D eigenvalue weighted by molar-refractivity contribution is 0.379. The number of nitrogens with one attached hydrogen (secondary N) is 1. The molecule has 3 aromatic rings. The van der Waals surface area contributed by atoms with Crippen molar-refractivity contribution < 1.29 is 4.52 Å². The molecule has 0 saturated carbocycles. The van der Waals surface area contributed by atoms with Gasteiger partial charge in [0.25, 0.3) is 0 Å². The number of nitrogens with zero attached hydrogens (tertiary/aromatic N) is 4. The van der Waals surface area contributed by atoms with Gasteiger partial charge in [-0.15, -0.1) is 0 Å². The van der Waals surface area contributed by atoms with E-state index in [0.29, 0.717) is 29.7 Å². The van der Waals surface area contributed by atoms with Crippen molar-refractivity contribution in [2.45, 2.75) is 12.8 Å². The third-order valence-electron chi connectivity index (χ3n) is 4.55. The normalized spacial score (nSPS) is 13.7. The van der Waals surface area contributed by atoms with Gasteiger partial charge in [-0.05, 0) is 42.3 Å². The summed E-state index contributed by atoms with van der Waals surface area (Å²) in [5.41, 5.74) is 3.45. The molecule has 0 fully saturated rings. The van der Waals surface area contributed by atoms with Crippen LogP contribution >= 0.6 is 11.6 Å². The highest BCUT2D eigenvalue weighted by molar-refractivity contribution is 6.30. The first-order chi connectivity index (χ1) is 13.2. The number of halogens is 1. The Kier molecular flexibility index (Phi) is 5.07. The molecule has 0 saturated heterocycles. The Morgan fingerprint density at radius 2 is 2.04 bits per heavy atom. The quantitative estimate of drug-likeness (QED) is 0.552. The highest BCUT2D eigenvalue weighted by atomic mass is 35.5. The fourth-order valence-corrected chi connectivity index (χ4v) is 3.33. The standard InChI is InChI=1S/C20H20ClN5O/c1-22-20(26-13-11-14-4-2-3-5-17(14)26)23-12-10-18-24-19(25-27-18)15-6-8-16(21)9-7-15/h2-9H,10-13H2,1H3,(H,22,23). The van der Waals surface area contributed by atoms with E-state index in [1.807, 2.05) is 24.3 Å². The van der Waals surface area contributed by atoms with Gasteiger partial charge in [0.15, 0.2) is 5.96 Å². The Hall–Kier alpha value is -2.86. The second kappa shape index (κ2) is 7.80. The van der Waals surface area contributed by atoms with E-state index in [0.717, 1.165) is 24.5 Å². The van der Waals surface area contributed by atoms with Crippen molar-refractivity contribution in [2.75, 3.05) is 25.0 Å². The van der Waals surface area contributed by atoms with Gasteiger partial charge in [0.05, 0.1) is 0 Å². The minimum atomic E-state index is 0.569. The van der Waals surface area contributed by atoms with Gasteiger partial charge in [-0.2, -0.15) is 4.98 Å². The summed E-state index contributed by atoms with van der Waals surface area (Å²) in [5.74, 6) is 2.02. The van der Waals surface area contributed by atoms with E-state index in [2.05, 4.69) is 49.6 Å². The minimum Gasteiger partial charge on any atom is -0.355 e. The van der Waals surface area contributed by atoms with Crippen molar-refractivity contribution in [3.63, 3.8) is 0 Å². The Morgan fingerprint density at radius 3 is 2.85 bits per heavy atom. The molecular formula is C20H20ClN5O. The monoisotopic (exact) mass is 381 g/mol. The third-order valence-corrected chi connectivity index (χ3v) is 4.80. The Bertz CT molecular complexity index is 951. The molecule has 1 aliphatic heterocycles. The number of guanidine groups is 1. The number of hydrogen-bond acceptors (Lipinski definition) is 4. The van der Waals surface area contributed by atoms with Crippen molar-refractivity contribution in [1.82, 2.24) is 15.5 Å². The molecule has 0 bridgehead atoms. The zero-order valence-electron chi connectivity index (χ0n) is 15.0. The van der Waals surface area contributed by atoms with Crippen molar-refractivity contribution >= 4 is 23.2 Å². The number of para-hydroxylation sites is 1. The predicted molar refractivity (Wildman–Crippen MR) is 107 cm³/mol. The van der Waals surface area contributed by atoms with Crippen molar-refractivity contribution in [2.24, 2.45) is 4.99 Å². The molecule has 0 unspecified atom stereocenters. The fraction of sp³-hybridized carbons (Fsp3) is 0.250. The summed E-state index contributed by atoms with van der Waals surface area (Å²) >= 11 is 5.91. The molecule has 4 rings (SSSR count). The molecule has 2 heterocycles. The van der Waals surface area contributed by atoms with Crippen LogP contribution < -0.4 is 10.2 Å². The van der Waals surface area contributed by atoms with Gasteiger partial charge < -0.3 is 14.7 Å². The van der Waals surface area contributed by atoms with E-state index >= 15 is 0 Å². The van der Waals surface area contributed by atoms with Crippen LogP contribution in [-0.4, -0.2) is 36.2 Å². The lowest BCUT2D eigenvalue weighted by Crippen LogP contribution is -2.41. The van der Waals surface area contributed by atoms with Crippen LogP contribution in [0.5, 0.6) is 0 Å². The van der Waals surface area contributed by atoms with E-state index in [1.54, 1.807) is 7.05 Å². The summed E-state index contributed by atoms with van der Waals surface area (Å²) in [5, 5.41) is 8.11. The van der Waals surface area contributed by atoms with Crippen LogP contribution in [0.3, 0.4) is 0 Å². The maximum Gasteiger partial charge on any atom is 0.228 e. The number of anilines is 1. The number of fused-ring (bicyclic) bond motifs is 1. The van der Waals surface area contributed by atoms with E-state index in [1.165, 1.54) is 11.3 Å². The predicted octanol–water partition coefficient (Wildman–Crippen LogP) is 3.57. The SMILES string of the molecule is CN=C(NCCc1nc(-c2ccc(Cl)cc2)no1)N1CCc2ccccc21. The molecule has 2 aromatic carbocycles. The summed E-state index contributed by atoms with van der Waals surface area (Å²) in [4.78, 5) is 11.1. The van der Waals surface area contributed by atoms with E-state index in [9.17, 15) is 0 Å². The molecule has 0 radical (unpaired) electrons. The zero-order valence-corrected chi connectivity index (χ0v) is 15.8. The van der Waals surface area contributed by atoms with Crippen LogP contribution in [0.15, 0.2) is 58.0 Å². The van der Waals surface area contributed by atoms with Crippen molar-refractivity contribution in [3.05, 3.63) is 65.0 Å². The lowest BCUT2D eigenvalue weighted by atomic mass is 10.2. The lowest BCUT2D eigenvalue weighted by Gasteiger charge is -2.22. The molecule has 6 nitrogen and oxygen atoms in total. The highest BCUT2D eigenvalue weighted by Gasteiger charge is 2.22. The minimum absolute atomic E-state index is 0.569. The molecular weight excluding hydrogens is 362 g/mol. The van der Waals surface area contributed by atoms with Gasteiger partial charge >= 0.3 is 0 Å². The second-order valence-electron chi connectivity index (χ2n) is 6.27. The molecule has 0 atom stereocenters. The number of aromatic nitrogens is 2. The van der Waals surface area contributed by atoms with Crippen LogP contribution in [-0.2, 0) is 12.8 Å². The highest BCUT2D eigenvalue weighted by Crippen LogP contribution is 2.27. The van der Waals surface area contributed by atoms with Gasteiger partial charge in [0, 0.05) is 42.8 Å². The van der Waals surface area contributed by atoms with E-state index in [-0.39, 0.29) is 0 Å². The Morgan fingerprint density at radius 1 is 1.22 bits per heavy atom. The smallest absolute Gasteiger partial charge is 0.228 e. The number of hydrogen-bond donors (Lipinski definition) is 1. The number of rotatable bonds is 4. The fourth-order valence-electron chi connectivity index (χ4n) is 3.21. The largest absolute Gasteiger partial charge is 0.355 e. The molecule has 0 spiro atoms. The van der Waals surface area contributed by atoms with Crippen LogP contribution in [0.1, 0.15) is 11.5 Å². The maximum atomic E-state index is 5.91. The first kappa shape index (κ1) is 17.5. The molecule has 27 heavy (non-hydrogen) atoms. The summed E-state index contributed by atoms with van der Waals surface area (Å²) < 4.78 is 5.36. The molecule has 1 aliphatic rings. The van der Waals surface area contributed by atoms with Gasteiger partial charge in [-0.1, -0.05) is 35.0 Å². The summed E-state index contributed by atoms with van der Waals surface area (Å²) in [6, 6.07) is 15.8. The van der Waals surface area contributed by atoms with E-state index in [4.69, 9.17) is 16.1 Å². The number of benzene rings is 2. The first-order valence-electron chi connectivity index (χ1n) is 8.89. The second-order valence-corrected chi connectivity index (χ2v) is 6.71. The summed E-state index contributed by atoms with van der Waals surface area (Å²) in [7, 11) is 1.80. The molecule has 1 N–H and O–H groups in total. The third kappa shape index (κ3) is 3.80. The number of aliphatic imine (C=N–C) groups is 1. The van der Waals surface area contributed by atoms with Gasteiger partial charge in [-0.3, -0.25) is 4.99 Å². The average Bonchev–Trinajstić information content (AvgIpc) is 3.33. The topological polar surface area (TPSA) is 66.5 Å².